The molecular weight excluding hydrogens is 366 g/mol. The standard InChI is InChI=1S/C17H16F2N2O4S/c18-17(19)25-11-3-4-21(8-11)16(22)12-9-26-15(20-12)10-1-2-13-14(7-10)24-6-5-23-13/h1-2,7,9,11,17H,3-6,8H2/t11-/m0/s1. The Morgan fingerprint density at radius 1 is 1.31 bits per heavy atom. The van der Waals surface area contributed by atoms with Gasteiger partial charge in [0.2, 0.25) is 0 Å². The molecule has 0 saturated carbocycles. The number of fused-ring (bicyclic) bond motifs is 1. The number of alkyl halides is 2. The van der Waals surface area contributed by atoms with Crippen molar-refractivity contribution in [2.24, 2.45) is 0 Å². The molecule has 2 aliphatic heterocycles. The highest BCUT2D eigenvalue weighted by molar-refractivity contribution is 7.13. The van der Waals surface area contributed by atoms with Gasteiger partial charge in [0.15, 0.2) is 11.5 Å². The second-order valence-corrected chi connectivity index (χ2v) is 6.81. The van der Waals surface area contributed by atoms with Crippen LogP contribution in [0.5, 0.6) is 11.5 Å². The number of carbonyl (C=O) groups is 1. The Bertz CT molecular complexity index is 814. The van der Waals surface area contributed by atoms with Gasteiger partial charge in [0.1, 0.15) is 23.9 Å². The third-order valence-corrected chi connectivity index (χ3v) is 5.13. The number of hydrogen-bond acceptors (Lipinski definition) is 6. The van der Waals surface area contributed by atoms with Crippen LogP contribution in [0.4, 0.5) is 8.78 Å². The van der Waals surface area contributed by atoms with E-state index in [1.807, 2.05) is 18.2 Å². The van der Waals surface area contributed by atoms with Crippen LogP contribution < -0.4 is 9.47 Å². The second-order valence-electron chi connectivity index (χ2n) is 5.95. The highest BCUT2D eigenvalue weighted by Gasteiger charge is 2.30. The summed E-state index contributed by atoms with van der Waals surface area (Å²) in [5, 5.41) is 2.36. The van der Waals surface area contributed by atoms with Gasteiger partial charge in [-0.1, -0.05) is 0 Å². The summed E-state index contributed by atoms with van der Waals surface area (Å²) in [4.78, 5) is 18.4. The number of thiazole rings is 1. The van der Waals surface area contributed by atoms with Gasteiger partial charge in [-0.2, -0.15) is 8.78 Å². The Hall–Kier alpha value is -2.26. The third kappa shape index (κ3) is 3.49. The zero-order chi connectivity index (χ0) is 18.1. The van der Waals surface area contributed by atoms with Crippen molar-refractivity contribution in [1.82, 2.24) is 9.88 Å². The fraction of sp³-hybridized carbons (Fsp3) is 0.412. The number of benzene rings is 1. The number of amides is 1. The molecule has 1 saturated heterocycles. The monoisotopic (exact) mass is 382 g/mol. The summed E-state index contributed by atoms with van der Waals surface area (Å²) in [6.07, 6.45) is -0.232. The molecule has 0 radical (unpaired) electrons. The number of aromatic nitrogens is 1. The fourth-order valence-electron chi connectivity index (χ4n) is 3.01. The zero-order valence-corrected chi connectivity index (χ0v) is 14.5. The second kappa shape index (κ2) is 7.16. The van der Waals surface area contributed by atoms with Gasteiger partial charge in [-0.05, 0) is 24.6 Å². The molecule has 3 heterocycles. The molecule has 0 unspecified atom stereocenters. The van der Waals surface area contributed by atoms with Gasteiger partial charge < -0.3 is 19.1 Å². The average molecular weight is 382 g/mol. The molecule has 1 atom stereocenters. The average Bonchev–Trinajstić information content (AvgIpc) is 3.30. The maximum atomic E-state index is 12.5. The Morgan fingerprint density at radius 2 is 2.12 bits per heavy atom. The lowest BCUT2D eigenvalue weighted by atomic mass is 10.2. The van der Waals surface area contributed by atoms with Gasteiger partial charge in [-0.3, -0.25) is 4.79 Å². The molecule has 2 aromatic rings. The highest BCUT2D eigenvalue weighted by atomic mass is 32.1. The molecule has 9 heteroatoms. The maximum Gasteiger partial charge on any atom is 0.345 e. The van der Waals surface area contributed by atoms with E-state index in [1.54, 1.807) is 5.38 Å². The van der Waals surface area contributed by atoms with E-state index in [0.717, 1.165) is 5.56 Å². The summed E-state index contributed by atoms with van der Waals surface area (Å²) in [6, 6.07) is 5.52. The van der Waals surface area contributed by atoms with Crippen molar-refractivity contribution in [1.29, 1.82) is 0 Å². The van der Waals surface area contributed by atoms with Gasteiger partial charge >= 0.3 is 6.61 Å². The molecule has 1 amide bonds. The predicted molar refractivity (Wildman–Crippen MR) is 89.9 cm³/mol. The van der Waals surface area contributed by atoms with Crippen LogP contribution in [0.2, 0.25) is 0 Å². The van der Waals surface area contributed by atoms with Gasteiger partial charge in [-0.25, -0.2) is 4.98 Å². The van der Waals surface area contributed by atoms with Crippen molar-refractivity contribution in [2.45, 2.75) is 19.1 Å². The number of halogens is 2. The lowest BCUT2D eigenvalue weighted by molar-refractivity contribution is -0.158. The number of likely N-dealkylation sites (tertiary alicyclic amines) is 1. The Kier molecular flexibility index (Phi) is 4.73. The van der Waals surface area contributed by atoms with Gasteiger partial charge in [-0.15, -0.1) is 11.3 Å². The summed E-state index contributed by atoms with van der Waals surface area (Å²) in [5.74, 6) is 1.07. The van der Waals surface area contributed by atoms with Gasteiger partial charge in [0.25, 0.3) is 5.91 Å². The lowest BCUT2D eigenvalue weighted by Crippen LogP contribution is -2.30. The normalized spacial score (nSPS) is 19.2. The van der Waals surface area contributed by atoms with Crippen molar-refractivity contribution in [3.05, 3.63) is 29.3 Å². The molecule has 0 aliphatic carbocycles. The molecule has 138 valence electrons. The molecular formula is C17H16F2N2O4S. The zero-order valence-electron chi connectivity index (χ0n) is 13.7. The summed E-state index contributed by atoms with van der Waals surface area (Å²) in [5.41, 5.74) is 1.14. The van der Waals surface area contributed by atoms with Crippen molar-refractivity contribution in [3.63, 3.8) is 0 Å². The largest absolute Gasteiger partial charge is 0.486 e. The first-order valence-electron chi connectivity index (χ1n) is 8.18. The lowest BCUT2D eigenvalue weighted by Gasteiger charge is -2.18. The van der Waals surface area contributed by atoms with Crippen LogP contribution in [0, 0.1) is 0 Å². The molecule has 26 heavy (non-hydrogen) atoms. The molecule has 0 N–H and O–H groups in total. The topological polar surface area (TPSA) is 60.9 Å². The molecule has 1 aromatic heterocycles. The van der Waals surface area contributed by atoms with Crippen LogP contribution >= 0.6 is 11.3 Å². The van der Waals surface area contributed by atoms with Crippen LogP contribution in [-0.4, -0.2) is 54.8 Å². The Balaban J connectivity index is 1.47. The van der Waals surface area contributed by atoms with Crippen LogP contribution in [0.3, 0.4) is 0 Å². The first kappa shape index (κ1) is 17.2. The summed E-state index contributed by atoms with van der Waals surface area (Å²) in [7, 11) is 0. The minimum Gasteiger partial charge on any atom is -0.486 e. The van der Waals surface area contributed by atoms with E-state index in [1.165, 1.54) is 16.2 Å². The SMILES string of the molecule is O=C(c1csc(-c2ccc3c(c2)OCCO3)n1)N1CC[C@H](OC(F)F)C1. The maximum absolute atomic E-state index is 12.5. The van der Waals surface area contributed by atoms with Crippen LogP contribution in [0.15, 0.2) is 23.6 Å². The Morgan fingerprint density at radius 3 is 2.92 bits per heavy atom. The quantitative estimate of drug-likeness (QED) is 0.814. The Labute approximate surface area is 152 Å². The van der Waals surface area contributed by atoms with Crippen molar-refractivity contribution < 1.29 is 27.8 Å². The number of hydrogen-bond donors (Lipinski definition) is 0. The smallest absolute Gasteiger partial charge is 0.345 e. The van der Waals surface area contributed by atoms with Gasteiger partial charge in [0, 0.05) is 24.0 Å². The minimum atomic E-state index is -2.82. The van der Waals surface area contributed by atoms with E-state index in [-0.39, 0.29) is 12.5 Å². The number of ether oxygens (including phenoxy) is 3. The highest BCUT2D eigenvalue weighted by Crippen LogP contribution is 2.35. The number of nitrogens with zero attached hydrogens (tertiary/aromatic N) is 2. The molecule has 1 fully saturated rings. The predicted octanol–water partition coefficient (Wildman–Crippen LogP) is 3.04. The van der Waals surface area contributed by atoms with Crippen LogP contribution in [0.1, 0.15) is 16.9 Å². The van der Waals surface area contributed by atoms with E-state index in [2.05, 4.69) is 9.72 Å². The van der Waals surface area contributed by atoms with Crippen molar-refractivity contribution in [2.75, 3.05) is 26.3 Å². The van der Waals surface area contributed by atoms with Crippen LogP contribution in [0.25, 0.3) is 10.6 Å². The molecule has 0 bridgehead atoms. The molecule has 2 aliphatic rings. The van der Waals surface area contributed by atoms with Crippen molar-refractivity contribution in [3.8, 4) is 22.1 Å². The van der Waals surface area contributed by atoms with E-state index in [0.29, 0.717) is 48.4 Å². The van der Waals surface area contributed by atoms with E-state index in [4.69, 9.17) is 9.47 Å². The summed E-state index contributed by atoms with van der Waals surface area (Å²) in [6.45, 7) is -1.27. The number of rotatable bonds is 4. The third-order valence-electron chi connectivity index (χ3n) is 4.24. The van der Waals surface area contributed by atoms with Crippen molar-refractivity contribution >= 4 is 17.2 Å². The summed E-state index contributed by atoms with van der Waals surface area (Å²) < 4.78 is 40.1. The molecule has 1 aromatic carbocycles. The van der Waals surface area contributed by atoms with Crippen LogP contribution in [-0.2, 0) is 4.74 Å². The van der Waals surface area contributed by atoms with Gasteiger partial charge in [0.05, 0.1) is 6.10 Å². The van der Waals surface area contributed by atoms with E-state index < -0.39 is 12.7 Å². The molecule has 6 nitrogen and oxygen atoms in total. The van der Waals surface area contributed by atoms with E-state index >= 15 is 0 Å². The first-order chi connectivity index (χ1) is 12.6. The molecule has 0 spiro atoms. The molecule has 4 rings (SSSR count). The summed E-state index contributed by atoms with van der Waals surface area (Å²) >= 11 is 1.35. The fourth-order valence-corrected chi connectivity index (χ4v) is 3.80. The van der Waals surface area contributed by atoms with E-state index in [9.17, 15) is 13.6 Å². The number of carbonyl (C=O) groups excluding carboxylic acids is 1. The first-order valence-corrected chi connectivity index (χ1v) is 9.06. The minimum absolute atomic E-state index is 0.153.